The summed E-state index contributed by atoms with van der Waals surface area (Å²) in [5.74, 6) is -1.42. The number of fused-ring (bicyclic) bond motifs is 1. The van der Waals surface area contributed by atoms with Crippen molar-refractivity contribution in [3.05, 3.63) is 52.0 Å². The average molecular weight is 461 g/mol. The highest BCUT2D eigenvalue weighted by molar-refractivity contribution is 7.20. The van der Waals surface area contributed by atoms with E-state index in [0.29, 0.717) is 28.4 Å². The third-order valence-electron chi connectivity index (χ3n) is 4.21. The first-order valence-corrected chi connectivity index (χ1v) is 9.36. The number of alkyl halides is 6. The summed E-state index contributed by atoms with van der Waals surface area (Å²) in [5, 5.41) is 4.93. The number of nitrogens with zero attached hydrogens (tertiary/aromatic N) is 1. The maximum atomic E-state index is 13.1. The van der Waals surface area contributed by atoms with Crippen molar-refractivity contribution in [2.75, 3.05) is 10.6 Å². The Bertz CT molecular complexity index is 1180. The van der Waals surface area contributed by atoms with Crippen molar-refractivity contribution in [2.24, 2.45) is 0 Å². The van der Waals surface area contributed by atoms with Gasteiger partial charge in [-0.2, -0.15) is 26.3 Å². The summed E-state index contributed by atoms with van der Waals surface area (Å²) >= 11 is 0.678. The Morgan fingerprint density at radius 1 is 0.935 bits per heavy atom. The van der Waals surface area contributed by atoms with Crippen molar-refractivity contribution < 1.29 is 35.9 Å². The van der Waals surface area contributed by atoms with Gasteiger partial charge >= 0.3 is 12.4 Å². The molecular weight excluding hydrogens is 448 g/mol. The Hall–Kier alpha value is -3.15. The van der Waals surface area contributed by atoms with Gasteiger partial charge in [0.25, 0.3) is 5.91 Å². The van der Waals surface area contributed by atoms with Crippen LogP contribution in [0.15, 0.2) is 30.3 Å². The van der Waals surface area contributed by atoms with Crippen molar-refractivity contribution in [1.29, 1.82) is 0 Å². The Labute approximate surface area is 175 Å². The van der Waals surface area contributed by atoms with Gasteiger partial charge in [0.05, 0.1) is 21.8 Å². The lowest BCUT2D eigenvalue weighted by Gasteiger charge is -2.14. The van der Waals surface area contributed by atoms with Crippen molar-refractivity contribution in [1.82, 2.24) is 4.98 Å². The number of aromatic nitrogens is 1. The van der Waals surface area contributed by atoms with Crippen molar-refractivity contribution in [3.8, 4) is 0 Å². The molecule has 2 aromatic heterocycles. The number of nitrogens with one attached hydrogen (secondary N) is 2. The van der Waals surface area contributed by atoms with Gasteiger partial charge in [0.2, 0.25) is 5.91 Å². The molecule has 0 aliphatic carbocycles. The topological polar surface area (TPSA) is 71.1 Å². The second-order valence-corrected chi connectivity index (χ2v) is 7.50. The van der Waals surface area contributed by atoms with E-state index in [2.05, 4.69) is 15.6 Å². The SMILES string of the molecule is CC(=O)Nc1ccc(C(F)(F)F)cc1NC(=O)c1sc2nc(C(F)(F)F)ccc2c1C. The maximum Gasteiger partial charge on any atom is 0.433 e. The molecule has 12 heteroatoms. The Kier molecular flexibility index (Phi) is 5.70. The monoisotopic (exact) mass is 461 g/mol. The van der Waals surface area contributed by atoms with Crippen LogP contribution in [-0.4, -0.2) is 16.8 Å². The largest absolute Gasteiger partial charge is 0.433 e. The van der Waals surface area contributed by atoms with Gasteiger partial charge < -0.3 is 10.6 Å². The molecule has 3 aromatic rings. The van der Waals surface area contributed by atoms with Crippen molar-refractivity contribution in [2.45, 2.75) is 26.2 Å². The van der Waals surface area contributed by atoms with E-state index in [1.54, 1.807) is 0 Å². The van der Waals surface area contributed by atoms with Gasteiger partial charge in [0, 0.05) is 12.3 Å². The zero-order valence-corrected chi connectivity index (χ0v) is 16.6. The van der Waals surface area contributed by atoms with Crippen molar-refractivity contribution in [3.63, 3.8) is 0 Å². The average Bonchev–Trinajstić information content (AvgIpc) is 2.97. The molecule has 0 unspecified atom stereocenters. The molecule has 0 saturated heterocycles. The highest BCUT2D eigenvalue weighted by atomic mass is 32.1. The molecule has 0 spiro atoms. The van der Waals surface area contributed by atoms with Gasteiger partial charge in [0.1, 0.15) is 10.5 Å². The quantitative estimate of drug-likeness (QED) is 0.481. The molecule has 0 saturated carbocycles. The highest BCUT2D eigenvalue weighted by Gasteiger charge is 2.33. The number of carbonyl (C=O) groups excluding carboxylic acids is 2. The second-order valence-electron chi connectivity index (χ2n) is 6.50. The number of halogens is 6. The van der Waals surface area contributed by atoms with E-state index < -0.39 is 35.4 Å². The standard InChI is InChI=1S/C19H13F6N3O2S/c1-8-11-4-6-14(19(23,24)25)28-17(11)31-15(8)16(30)27-13-7-10(18(20,21)22)3-5-12(13)26-9(2)29/h3-7H,1-2H3,(H,26,29)(H,27,30). The van der Waals surface area contributed by atoms with Gasteiger partial charge in [-0.1, -0.05) is 0 Å². The molecule has 2 heterocycles. The molecule has 0 radical (unpaired) electrons. The van der Waals surface area contributed by atoms with E-state index in [4.69, 9.17) is 0 Å². The number of hydrogen-bond donors (Lipinski definition) is 2. The minimum atomic E-state index is -4.69. The number of thiophene rings is 1. The fourth-order valence-electron chi connectivity index (χ4n) is 2.78. The second kappa shape index (κ2) is 7.84. The molecule has 0 atom stereocenters. The van der Waals surface area contributed by atoms with Crippen LogP contribution < -0.4 is 10.6 Å². The first-order chi connectivity index (χ1) is 14.3. The zero-order chi connectivity index (χ0) is 23.1. The van der Waals surface area contributed by atoms with Gasteiger partial charge in [0.15, 0.2) is 0 Å². The van der Waals surface area contributed by atoms with Crippen LogP contribution in [0.1, 0.15) is 33.4 Å². The smallest absolute Gasteiger partial charge is 0.325 e. The molecule has 5 nitrogen and oxygen atoms in total. The van der Waals surface area contributed by atoms with Crippen LogP contribution in [0, 0.1) is 6.92 Å². The molecule has 0 bridgehead atoms. The predicted molar refractivity (Wildman–Crippen MR) is 103 cm³/mol. The Morgan fingerprint density at radius 2 is 1.61 bits per heavy atom. The van der Waals surface area contributed by atoms with E-state index in [1.807, 2.05) is 0 Å². The van der Waals surface area contributed by atoms with E-state index in [1.165, 1.54) is 13.0 Å². The molecule has 0 aliphatic rings. The summed E-state index contributed by atoms with van der Waals surface area (Å²) in [6.07, 6.45) is -9.36. The molecule has 0 fully saturated rings. The summed E-state index contributed by atoms with van der Waals surface area (Å²) in [7, 11) is 0. The van der Waals surface area contributed by atoms with Crippen LogP contribution in [0.4, 0.5) is 37.7 Å². The van der Waals surface area contributed by atoms with Crippen LogP contribution in [0.25, 0.3) is 10.2 Å². The molecule has 1 aromatic carbocycles. The Balaban J connectivity index is 2.01. The summed E-state index contributed by atoms with van der Waals surface area (Å²) in [6, 6.07) is 4.36. The summed E-state index contributed by atoms with van der Waals surface area (Å²) in [4.78, 5) is 27.6. The number of aryl methyl sites for hydroxylation is 1. The van der Waals surface area contributed by atoms with E-state index in [9.17, 15) is 35.9 Å². The number of rotatable bonds is 3. The predicted octanol–water partition coefficient (Wildman–Crippen LogP) is 5.85. The lowest BCUT2D eigenvalue weighted by molar-refractivity contribution is -0.141. The van der Waals surface area contributed by atoms with Crippen LogP contribution in [0.5, 0.6) is 0 Å². The van der Waals surface area contributed by atoms with Crippen LogP contribution in [0.3, 0.4) is 0 Å². The molecule has 31 heavy (non-hydrogen) atoms. The van der Waals surface area contributed by atoms with Gasteiger partial charge in [-0.05, 0) is 42.8 Å². The lowest BCUT2D eigenvalue weighted by atomic mass is 10.1. The van der Waals surface area contributed by atoms with E-state index >= 15 is 0 Å². The summed E-state index contributed by atoms with van der Waals surface area (Å²) < 4.78 is 77.9. The maximum absolute atomic E-state index is 13.1. The third-order valence-corrected chi connectivity index (χ3v) is 5.41. The lowest BCUT2D eigenvalue weighted by Crippen LogP contribution is -2.16. The summed E-state index contributed by atoms with van der Waals surface area (Å²) in [5.41, 5.74) is -2.23. The molecule has 164 valence electrons. The minimum Gasteiger partial charge on any atom is -0.325 e. The molecule has 2 N–H and O–H groups in total. The first kappa shape index (κ1) is 22.5. The zero-order valence-electron chi connectivity index (χ0n) is 15.8. The fraction of sp³-hybridized carbons (Fsp3) is 0.211. The van der Waals surface area contributed by atoms with E-state index in [0.717, 1.165) is 25.1 Å². The van der Waals surface area contributed by atoms with Gasteiger partial charge in [-0.3, -0.25) is 9.59 Å². The number of benzene rings is 1. The third kappa shape index (κ3) is 4.79. The molecule has 2 amide bonds. The Morgan fingerprint density at radius 3 is 2.19 bits per heavy atom. The van der Waals surface area contributed by atoms with Gasteiger partial charge in [-0.25, -0.2) is 4.98 Å². The fourth-order valence-corrected chi connectivity index (χ4v) is 3.85. The summed E-state index contributed by atoms with van der Waals surface area (Å²) in [6.45, 7) is 2.63. The number of amides is 2. The molecule has 3 rings (SSSR count). The molecular formula is C19H13F6N3O2S. The number of anilines is 2. The highest BCUT2D eigenvalue weighted by Crippen LogP contribution is 2.37. The number of carbonyl (C=O) groups is 2. The van der Waals surface area contributed by atoms with Crippen LogP contribution in [0.2, 0.25) is 0 Å². The molecule has 0 aliphatic heterocycles. The normalized spacial score (nSPS) is 12.1. The van der Waals surface area contributed by atoms with Crippen molar-refractivity contribution >= 4 is 44.7 Å². The van der Waals surface area contributed by atoms with Crippen LogP contribution in [-0.2, 0) is 17.1 Å². The number of hydrogen-bond acceptors (Lipinski definition) is 4. The van der Waals surface area contributed by atoms with E-state index in [-0.39, 0.29) is 21.1 Å². The number of pyridine rings is 1. The first-order valence-electron chi connectivity index (χ1n) is 8.55. The minimum absolute atomic E-state index is 0.0204. The van der Waals surface area contributed by atoms with Gasteiger partial charge in [-0.15, -0.1) is 11.3 Å². The van der Waals surface area contributed by atoms with Crippen LogP contribution >= 0.6 is 11.3 Å².